The molecule has 0 bridgehead atoms. The first-order valence-electron chi connectivity index (χ1n) is 8.14. The Labute approximate surface area is 132 Å². The average molecular weight is 305 g/mol. The number of rotatable bonds is 2. The number of hydrogen-bond acceptors (Lipinski definition) is 3. The molecule has 0 amide bonds. The van der Waals surface area contributed by atoms with Crippen LogP contribution in [0.1, 0.15) is 48.4 Å². The van der Waals surface area contributed by atoms with E-state index >= 15 is 0 Å². The first kappa shape index (κ1) is 15.4. The smallest absolute Gasteiger partial charge is 0.0701 e. The van der Waals surface area contributed by atoms with Crippen LogP contribution in [0.25, 0.3) is 0 Å². The Hall–Kier alpha value is -0.510. The highest BCUT2D eigenvalue weighted by molar-refractivity contribution is 7.99. The van der Waals surface area contributed by atoms with Crippen molar-refractivity contribution in [2.24, 2.45) is 11.7 Å². The van der Waals surface area contributed by atoms with E-state index in [4.69, 9.17) is 10.5 Å². The molecule has 3 rings (SSSR count). The molecule has 2 aliphatic rings. The minimum Gasteiger partial charge on any atom is -0.375 e. The second-order valence-corrected chi connectivity index (χ2v) is 8.01. The molecule has 1 aromatic rings. The standard InChI is InChI=1S/C18H27NOS/c1-13-3-4-14(2)16(11-13)17(19)15-5-8-20-18(12-15)6-9-21-10-7-18/h3-4,11,15,17H,5-10,12,19H2,1-2H3. The van der Waals surface area contributed by atoms with Crippen molar-refractivity contribution in [1.29, 1.82) is 0 Å². The summed E-state index contributed by atoms with van der Waals surface area (Å²) in [5.41, 5.74) is 10.8. The van der Waals surface area contributed by atoms with Crippen LogP contribution in [0.3, 0.4) is 0 Å². The van der Waals surface area contributed by atoms with Gasteiger partial charge >= 0.3 is 0 Å². The molecule has 2 N–H and O–H groups in total. The van der Waals surface area contributed by atoms with Crippen molar-refractivity contribution in [2.75, 3.05) is 18.1 Å². The fraction of sp³-hybridized carbons (Fsp3) is 0.667. The maximum absolute atomic E-state index is 6.67. The van der Waals surface area contributed by atoms with Crippen LogP contribution in [0.15, 0.2) is 18.2 Å². The van der Waals surface area contributed by atoms with Crippen molar-refractivity contribution in [3.8, 4) is 0 Å². The SMILES string of the molecule is Cc1ccc(C)c(C(N)C2CCOC3(CCSCC3)C2)c1. The summed E-state index contributed by atoms with van der Waals surface area (Å²) >= 11 is 2.06. The van der Waals surface area contributed by atoms with Gasteiger partial charge in [0.2, 0.25) is 0 Å². The van der Waals surface area contributed by atoms with Gasteiger partial charge in [0.1, 0.15) is 0 Å². The topological polar surface area (TPSA) is 35.2 Å². The van der Waals surface area contributed by atoms with Crippen molar-refractivity contribution in [3.05, 3.63) is 34.9 Å². The zero-order valence-electron chi connectivity index (χ0n) is 13.2. The summed E-state index contributed by atoms with van der Waals surface area (Å²) < 4.78 is 6.21. The Balaban J connectivity index is 1.77. The molecule has 116 valence electrons. The van der Waals surface area contributed by atoms with Gasteiger partial charge in [-0.15, -0.1) is 0 Å². The number of benzene rings is 1. The molecular formula is C18H27NOS. The normalized spacial score (nSPS) is 26.7. The van der Waals surface area contributed by atoms with Crippen LogP contribution in [0, 0.1) is 19.8 Å². The third-order valence-corrected chi connectivity index (χ3v) is 6.22. The maximum Gasteiger partial charge on any atom is 0.0701 e. The number of aryl methyl sites for hydroxylation is 2. The van der Waals surface area contributed by atoms with Gasteiger partial charge in [0.25, 0.3) is 0 Å². The van der Waals surface area contributed by atoms with Crippen LogP contribution in [0.2, 0.25) is 0 Å². The molecule has 2 fully saturated rings. The Morgan fingerprint density at radius 1 is 1.29 bits per heavy atom. The fourth-order valence-corrected chi connectivity index (χ4v) is 5.07. The van der Waals surface area contributed by atoms with Gasteiger partial charge in [0.05, 0.1) is 5.60 Å². The van der Waals surface area contributed by atoms with Crippen LogP contribution < -0.4 is 5.73 Å². The van der Waals surface area contributed by atoms with Gasteiger partial charge in [-0.25, -0.2) is 0 Å². The Bertz CT molecular complexity index is 490. The second-order valence-electron chi connectivity index (χ2n) is 6.78. The van der Waals surface area contributed by atoms with E-state index in [0.29, 0.717) is 5.92 Å². The third kappa shape index (κ3) is 3.30. The molecule has 2 saturated heterocycles. The van der Waals surface area contributed by atoms with E-state index < -0.39 is 0 Å². The van der Waals surface area contributed by atoms with Gasteiger partial charge in [0.15, 0.2) is 0 Å². The molecule has 1 spiro atoms. The van der Waals surface area contributed by atoms with E-state index in [1.165, 1.54) is 41.0 Å². The van der Waals surface area contributed by atoms with Gasteiger partial charge in [-0.2, -0.15) is 11.8 Å². The summed E-state index contributed by atoms with van der Waals surface area (Å²) in [6, 6.07) is 6.81. The van der Waals surface area contributed by atoms with E-state index in [0.717, 1.165) is 19.4 Å². The van der Waals surface area contributed by atoms with Crippen molar-refractivity contribution >= 4 is 11.8 Å². The molecule has 2 nitrogen and oxygen atoms in total. The van der Waals surface area contributed by atoms with E-state index in [1.807, 2.05) is 0 Å². The molecule has 21 heavy (non-hydrogen) atoms. The predicted molar refractivity (Wildman–Crippen MR) is 90.8 cm³/mol. The minimum atomic E-state index is 0.128. The van der Waals surface area contributed by atoms with Crippen molar-refractivity contribution < 1.29 is 4.74 Å². The average Bonchev–Trinajstić information content (AvgIpc) is 2.50. The van der Waals surface area contributed by atoms with E-state index in [9.17, 15) is 0 Å². The molecule has 0 radical (unpaired) electrons. The van der Waals surface area contributed by atoms with Crippen LogP contribution >= 0.6 is 11.8 Å². The summed E-state index contributed by atoms with van der Waals surface area (Å²) in [5, 5.41) is 0. The minimum absolute atomic E-state index is 0.128. The Morgan fingerprint density at radius 2 is 2.05 bits per heavy atom. The third-order valence-electron chi connectivity index (χ3n) is 5.24. The van der Waals surface area contributed by atoms with Crippen molar-refractivity contribution in [2.45, 2.75) is 51.2 Å². The lowest BCUT2D eigenvalue weighted by Crippen LogP contribution is -2.45. The van der Waals surface area contributed by atoms with Crippen LogP contribution in [-0.2, 0) is 4.74 Å². The monoisotopic (exact) mass is 305 g/mol. The molecule has 2 unspecified atom stereocenters. The maximum atomic E-state index is 6.67. The number of thioether (sulfide) groups is 1. The number of nitrogens with two attached hydrogens (primary N) is 1. The largest absolute Gasteiger partial charge is 0.375 e. The zero-order chi connectivity index (χ0) is 14.9. The highest BCUT2D eigenvalue weighted by Gasteiger charge is 2.40. The molecule has 0 aliphatic carbocycles. The fourth-order valence-electron chi connectivity index (χ4n) is 3.84. The Kier molecular flexibility index (Phi) is 4.63. The molecular weight excluding hydrogens is 278 g/mol. The lowest BCUT2D eigenvalue weighted by Gasteiger charge is -2.45. The zero-order valence-corrected chi connectivity index (χ0v) is 14.0. The highest BCUT2D eigenvalue weighted by Crippen LogP contribution is 2.43. The van der Waals surface area contributed by atoms with E-state index in [1.54, 1.807) is 0 Å². The summed E-state index contributed by atoms with van der Waals surface area (Å²) in [4.78, 5) is 0. The van der Waals surface area contributed by atoms with Crippen molar-refractivity contribution in [1.82, 2.24) is 0 Å². The first-order chi connectivity index (χ1) is 10.1. The molecule has 2 aliphatic heterocycles. The van der Waals surface area contributed by atoms with Gasteiger partial charge in [-0.3, -0.25) is 0 Å². The summed E-state index contributed by atoms with van der Waals surface area (Å²) in [6.45, 7) is 5.22. The molecule has 0 aromatic heterocycles. The van der Waals surface area contributed by atoms with E-state index in [-0.39, 0.29) is 11.6 Å². The lowest BCUT2D eigenvalue weighted by molar-refractivity contribution is -0.105. The van der Waals surface area contributed by atoms with Gasteiger partial charge < -0.3 is 10.5 Å². The summed E-state index contributed by atoms with van der Waals surface area (Å²) in [7, 11) is 0. The Morgan fingerprint density at radius 3 is 2.81 bits per heavy atom. The molecule has 2 atom stereocenters. The van der Waals surface area contributed by atoms with Gasteiger partial charge in [-0.1, -0.05) is 23.8 Å². The predicted octanol–water partition coefficient (Wildman–Crippen LogP) is 4.00. The summed E-state index contributed by atoms with van der Waals surface area (Å²) in [6.07, 6.45) is 4.65. The van der Waals surface area contributed by atoms with E-state index in [2.05, 4.69) is 43.8 Å². The van der Waals surface area contributed by atoms with Crippen molar-refractivity contribution in [3.63, 3.8) is 0 Å². The molecule has 2 heterocycles. The van der Waals surface area contributed by atoms with Gasteiger partial charge in [-0.05, 0) is 68.1 Å². The first-order valence-corrected chi connectivity index (χ1v) is 9.30. The van der Waals surface area contributed by atoms with Crippen LogP contribution in [0.5, 0.6) is 0 Å². The number of ether oxygens (including phenoxy) is 1. The quantitative estimate of drug-likeness (QED) is 0.897. The van der Waals surface area contributed by atoms with Crippen LogP contribution in [0.4, 0.5) is 0 Å². The highest BCUT2D eigenvalue weighted by atomic mass is 32.2. The molecule has 0 saturated carbocycles. The molecule has 3 heteroatoms. The summed E-state index contributed by atoms with van der Waals surface area (Å²) in [5.74, 6) is 3.04. The second kappa shape index (κ2) is 6.31. The number of hydrogen-bond donors (Lipinski definition) is 1. The van der Waals surface area contributed by atoms with Crippen LogP contribution in [-0.4, -0.2) is 23.7 Å². The van der Waals surface area contributed by atoms with Gasteiger partial charge in [0, 0.05) is 12.6 Å². The molecule has 1 aromatic carbocycles. The lowest BCUT2D eigenvalue weighted by atomic mass is 9.76.